The Bertz CT molecular complexity index is 567. The van der Waals surface area contributed by atoms with Crippen LogP contribution in [0.4, 0.5) is 5.82 Å². The first-order chi connectivity index (χ1) is 8.75. The Morgan fingerprint density at radius 3 is 2.78 bits per heavy atom. The average Bonchev–Trinajstić information content (AvgIpc) is 2.40. The van der Waals surface area contributed by atoms with Crippen molar-refractivity contribution in [1.29, 1.82) is 0 Å². The van der Waals surface area contributed by atoms with Gasteiger partial charge >= 0.3 is 0 Å². The molecule has 0 bridgehead atoms. The minimum atomic E-state index is -0.158. The van der Waals surface area contributed by atoms with E-state index in [9.17, 15) is 5.11 Å². The summed E-state index contributed by atoms with van der Waals surface area (Å²) in [5, 5.41) is 10.7. The van der Waals surface area contributed by atoms with Crippen LogP contribution in [0.5, 0.6) is 0 Å². The summed E-state index contributed by atoms with van der Waals surface area (Å²) in [5.74, 6) is 0.991. The third kappa shape index (κ3) is 2.16. The van der Waals surface area contributed by atoms with Gasteiger partial charge in [0, 0.05) is 22.0 Å². The summed E-state index contributed by atoms with van der Waals surface area (Å²) in [6.45, 7) is 1.72. The average molecular weight is 355 g/mol. The highest BCUT2D eigenvalue weighted by atomic mass is 127. The van der Waals surface area contributed by atoms with Crippen LogP contribution < -0.4 is 4.90 Å². The second kappa shape index (κ2) is 4.97. The zero-order valence-corrected chi connectivity index (χ0v) is 12.0. The topological polar surface area (TPSA) is 49.2 Å². The first-order valence-electron chi connectivity index (χ1n) is 6.08. The lowest BCUT2D eigenvalue weighted by Gasteiger charge is -2.31. The molecule has 0 aliphatic carbocycles. The molecule has 0 radical (unpaired) electrons. The monoisotopic (exact) mass is 355 g/mol. The molecule has 1 aliphatic heterocycles. The zero-order valence-electron chi connectivity index (χ0n) is 9.88. The lowest BCUT2D eigenvalue weighted by molar-refractivity contribution is 0.145. The first-order valence-corrected chi connectivity index (χ1v) is 7.16. The second-order valence-corrected chi connectivity index (χ2v) is 5.71. The van der Waals surface area contributed by atoms with Crippen molar-refractivity contribution in [3.05, 3.63) is 28.1 Å². The van der Waals surface area contributed by atoms with E-state index in [0.717, 1.165) is 46.2 Å². The number of fused-ring (bicyclic) bond motifs is 1. The predicted octanol–water partition coefficient (Wildman–Crippen LogP) is 2.20. The molecule has 0 saturated carbocycles. The normalized spacial score (nSPS) is 17.3. The zero-order chi connectivity index (χ0) is 12.5. The lowest BCUT2D eigenvalue weighted by Crippen LogP contribution is -2.36. The van der Waals surface area contributed by atoms with E-state index in [0.29, 0.717) is 0 Å². The van der Waals surface area contributed by atoms with Crippen LogP contribution >= 0.6 is 22.6 Å². The maximum atomic E-state index is 9.57. The third-order valence-corrected chi connectivity index (χ3v) is 4.23. The molecule has 2 heterocycles. The van der Waals surface area contributed by atoms with E-state index in [4.69, 9.17) is 0 Å². The van der Waals surface area contributed by atoms with Gasteiger partial charge in [0.25, 0.3) is 0 Å². The summed E-state index contributed by atoms with van der Waals surface area (Å²) in [6.07, 6.45) is 3.10. The molecular formula is C13H14IN3O. The Morgan fingerprint density at radius 2 is 2.00 bits per heavy atom. The van der Waals surface area contributed by atoms with Crippen LogP contribution in [0.25, 0.3) is 10.9 Å². The number of hydrogen-bond acceptors (Lipinski definition) is 4. The molecule has 1 fully saturated rings. The van der Waals surface area contributed by atoms with Crippen LogP contribution in [0, 0.1) is 3.57 Å². The van der Waals surface area contributed by atoms with Gasteiger partial charge in [0.05, 0.1) is 11.6 Å². The van der Waals surface area contributed by atoms with Gasteiger partial charge in [-0.15, -0.1) is 0 Å². The molecule has 1 aromatic carbocycles. The van der Waals surface area contributed by atoms with Crippen LogP contribution in [-0.4, -0.2) is 34.3 Å². The Morgan fingerprint density at radius 1 is 1.22 bits per heavy atom. The lowest BCUT2D eigenvalue weighted by atomic mass is 10.1. The van der Waals surface area contributed by atoms with Gasteiger partial charge in [-0.3, -0.25) is 0 Å². The van der Waals surface area contributed by atoms with Crippen molar-refractivity contribution in [1.82, 2.24) is 9.97 Å². The van der Waals surface area contributed by atoms with Gasteiger partial charge in [-0.2, -0.15) is 0 Å². The number of para-hydroxylation sites is 1. The summed E-state index contributed by atoms with van der Waals surface area (Å²) in [6, 6.07) is 6.16. The fourth-order valence-corrected chi connectivity index (χ4v) is 3.00. The maximum absolute atomic E-state index is 9.57. The molecule has 18 heavy (non-hydrogen) atoms. The van der Waals surface area contributed by atoms with Gasteiger partial charge in [0.15, 0.2) is 0 Å². The maximum Gasteiger partial charge on any atom is 0.139 e. The van der Waals surface area contributed by atoms with Crippen LogP contribution in [-0.2, 0) is 0 Å². The molecule has 0 unspecified atom stereocenters. The molecule has 2 aromatic rings. The number of anilines is 1. The van der Waals surface area contributed by atoms with Crippen molar-refractivity contribution in [2.75, 3.05) is 18.0 Å². The molecule has 5 heteroatoms. The highest BCUT2D eigenvalue weighted by molar-refractivity contribution is 14.1. The van der Waals surface area contributed by atoms with E-state index in [1.165, 1.54) is 0 Å². The summed E-state index contributed by atoms with van der Waals surface area (Å²) in [4.78, 5) is 11.0. The molecule has 1 saturated heterocycles. The molecule has 3 rings (SSSR count). The number of aliphatic hydroxyl groups excluding tert-OH is 1. The quantitative estimate of drug-likeness (QED) is 0.797. The minimum Gasteiger partial charge on any atom is -0.393 e. The first kappa shape index (κ1) is 12.1. The van der Waals surface area contributed by atoms with E-state index >= 15 is 0 Å². The number of halogens is 1. The van der Waals surface area contributed by atoms with Crippen molar-refractivity contribution in [2.24, 2.45) is 0 Å². The van der Waals surface area contributed by atoms with Gasteiger partial charge < -0.3 is 10.0 Å². The van der Waals surface area contributed by atoms with Gasteiger partial charge in [-0.25, -0.2) is 9.97 Å². The van der Waals surface area contributed by atoms with Crippen molar-refractivity contribution in [3.63, 3.8) is 0 Å². The van der Waals surface area contributed by atoms with E-state index < -0.39 is 0 Å². The SMILES string of the molecule is OC1CCN(c2ncnc3c(I)cccc23)CC1. The highest BCUT2D eigenvalue weighted by Gasteiger charge is 2.20. The molecule has 1 N–H and O–H groups in total. The van der Waals surface area contributed by atoms with E-state index in [1.807, 2.05) is 6.07 Å². The Hall–Kier alpha value is -0.950. The Balaban J connectivity index is 2.04. The highest BCUT2D eigenvalue weighted by Crippen LogP contribution is 2.27. The number of piperidine rings is 1. The van der Waals surface area contributed by atoms with Gasteiger partial charge in [0.1, 0.15) is 12.1 Å². The minimum absolute atomic E-state index is 0.158. The molecule has 1 aromatic heterocycles. The van der Waals surface area contributed by atoms with Gasteiger partial charge in [-0.1, -0.05) is 6.07 Å². The van der Waals surface area contributed by atoms with Gasteiger partial charge in [0.2, 0.25) is 0 Å². The predicted molar refractivity (Wildman–Crippen MR) is 79.7 cm³/mol. The smallest absolute Gasteiger partial charge is 0.139 e. The Labute approximate surface area is 119 Å². The third-order valence-electron chi connectivity index (χ3n) is 3.36. The van der Waals surface area contributed by atoms with Crippen LogP contribution in [0.1, 0.15) is 12.8 Å². The molecule has 94 valence electrons. The summed E-state index contributed by atoms with van der Waals surface area (Å²) < 4.78 is 1.14. The van der Waals surface area contributed by atoms with E-state index in [-0.39, 0.29) is 6.10 Å². The molecule has 1 aliphatic rings. The number of nitrogens with zero attached hydrogens (tertiary/aromatic N) is 3. The summed E-state index contributed by atoms with van der Waals surface area (Å²) in [7, 11) is 0. The molecule has 0 spiro atoms. The fourth-order valence-electron chi connectivity index (χ4n) is 2.37. The number of aliphatic hydroxyl groups is 1. The van der Waals surface area contributed by atoms with E-state index in [2.05, 4.69) is 49.6 Å². The summed E-state index contributed by atoms with van der Waals surface area (Å²) in [5.41, 5.74) is 1.01. The number of rotatable bonds is 1. The summed E-state index contributed by atoms with van der Waals surface area (Å²) >= 11 is 2.30. The van der Waals surface area contributed by atoms with Crippen LogP contribution in [0.3, 0.4) is 0 Å². The van der Waals surface area contributed by atoms with Crippen molar-refractivity contribution in [2.45, 2.75) is 18.9 Å². The van der Waals surface area contributed by atoms with Crippen molar-refractivity contribution >= 4 is 39.3 Å². The second-order valence-electron chi connectivity index (χ2n) is 4.55. The van der Waals surface area contributed by atoms with E-state index in [1.54, 1.807) is 6.33 Å². The molecule has 4 nitrogen and oxygen atoms in total. The Kier molecular flexibility index (Phi) is 3.34. The van der Waals surface area contributed by atoms with Crippen molar-refractivity contribution in [3.8, 4) is 0 Å². The van der Waals surface area contributed by atoms with Crippen molar-refractivity contribution < 1.29 is 5.11 Å². The fraction of sp³-hybridized carbons (Fsp3) is 0.385. The number of aromatic nitrogens is 2. The van der Waals surface area contributed by atoms with Gasteiger partial charge in [-0.05, 0) is 47.6 Å². The standard InChI is InChI=1S/C13H14IN3O/c14-11-3-1-2-10-12(11)15-8-16-13(10)17-6-4-9(18)5-7-17/h1-3,8-9,18H,4-7H2. The van der Waals surface area contributed by atoms with Crippen LogP contribution in [0.15, 0.2) is 24.5 Å². The molecule has 0 amide bonds. The molecular weight excluding hydrogens is 341 g/mol. The largest absolute Gasteiger partial charge is 0.393 e. The van der Waals surface area contributed by atoms with Crippen LogP contribution in [0.2, 0.25) is 0 Å². The number of benzene rings is 1. The number of hydrogen-bond donors (Lipinski definition) is 1. The molecule has 0 atom stereocenters.